The summed E-state index contributed by atoms with van der Waals surface area (Å²) in [5.74, 6) is 0.787. The van der Waals surface area contributed by atoms with Gasteiger partial charge in [0, 0.05) is 18.3 Å². The summed E-state index contributed by atoms with van der Waals surface area (Å²) >= 11 is 0. The van der Waals surface area contributed by atoms with Gasteiger partial charge in [0.25, 0.3) is 0 Å². The van der Waals surface area contributed by atoms with Crippen molar-refractivity contribution < 1.29 is 19.1 Å². The van der Waals surface area contributed by atoms with Crippen molar-refractivity contribution in [3.8, 4) is 5.75 Å². The summed E-state index contributed by atoms with van der Waals surface area (Å²) in [6.07, 6.45) is 3.11. The molecule has 3 rings (SSSR count). The van der Waals surface area contributed by atoms with Crippen LogP contribution in [0.5, 0.6) is 5.75 Å². The van der Waals surface area contributed by atoms with E-state index >= 15 is 0 Å². The molecule has 1 aliphatic rings. The number of hydrogen-bond donors (Lipinski definition) is 0. The summed E-state index contributed by atoms with van der Waals surface area (Å²) in [7, 11) is 0. The van der Waals surface area contributed by atoms with Gasteiger partial charge in [0.2, 0.25) is 0 Å². The van der Waals surface area contributed by atoms with E-state index in [-0.39, 0.29) is 17.2 Å². The van der Waals surface area contributed by atoms with Crippen molar-refractivity contribution in [2.45, 2.75) is 44.9 Å². The number of rotatable bonds is 8. The smallest absolute Gasteiger partial charge is 0.338 e. The second-order valence-corrected chi connectivity index (χ2v) is 7.00. The lowest BCUT2D eigenvalue weighted by atomic mass is 9.60. The van der Waals surface area contributed by atoms with Crippen LogP contribution in [0.25, 0.3) is 0 Å². The quantitative estimate of drug-likeness (QED) is 0.502. The minimum Gasteiger partial charge on any atom is -0.494 e. The topological polar surface area (TPSA) is 52.6 Å². The van der Waals surface area contributed by atoms with Crippen LogP contribution in [0.3, 0.4) is 0 Å². The van der Waals surface area contributed by atoms with E-state index in [1.807, 2.05) is 36.4 Å². The van der Waals surface area contributed by atoms with E-state index in [1.165, 1.54) is 0 Å². The van der Waals surface area contributed by atoms with Crippen LogP contribution < -0.4 is 4.74 Å². The first kappa shape index (κ1) is 19.2. The molecule has 2 aromatic carbocycles. The van der Waals surface area contributed by atoms with Crippen molar-refractivity contribution in [3.05, 3.63) is 65.2 Å². The van der Waals surface area contributed by atoms with Gasteiger partial charge in [0.15, 0.2) is 0 Å². The average molecular weight is 366 g/mol. The molecule has 0 aliphatic heterocycles. The fourth-order valence-electron chi connectivity index (χ4n) is 3.54. The van der Waals surface area contributed by atoms with Crippen LogP contribution in [0, 0.1) is 0 Å². The minimum atomic E-state index is -0.323. The normalized spacial score (nSPS) is 15.1. The fraction of sp³-hybridized carbons (Fsp3) is 0.391. The summed E-state index contributed by atoms with van der Waals surface area (Å²) in [6.45, 7) is 4.99. The highest BCUT2D eigenvalue weighted by atomic mass is 16.5. The van der Waals surface area contributed by atoms with E-state index in [2.05, 4.69) is 6.92 Å². The molecule has 4 heteroatoms. The van der Waals surface area contributed by atoms with Gasteiger partial charge in [0.1, 0.15) is 11.5 Å². The number of carbonyl (C=O) groups is 2. The van der Waals surface area contributed by atoms with Crippen LogP contribution >= 0.6 is 0 Å². The highest BCUT2D eigenvalue weighted by Crippen LogP contribution is 2.47. The monoisotopic (exact) mass is 366 g/mol. The highest BCUT2D eigenvalue weighted by Gasteiger charge is 2.46. The van der Waals surface area contributed by atoms with Crippen molar-refractivity contribution in [1.82, 2.24) is 0 Å². The number of benzene rings is 2. The molecule has 0 atom stereocenters. The van der Waals surface area contributed by atoms with E-state index in [9.17, 15) is 9.59 Å². The van der Waals surface area contributed by atoms with Gasteiger partial charge >= 0.3 is 5.97 Å². The SMILES string of the molecule is CCCCOc1ccc(C2(c3ccc(C(=O)OCC)cc3)CC(=O)C2)cc1. The fourth-order valence-corrected chi connectivity index (χ4v) is 3.54. The molecule has 0 N–H and O–H groups in total. The standard InChI is InChI=1S/C23H26O4/c1-3-5-14-27-21-12-10-19(11-13-21)23(15-20(24)16-23)18-8-6-17(7-9-18)22(25)26-4-2/h6-13H,3-5,14-16H2,1-2H3. The number of hydrogen-bond acceptors (Lipinski definition) is 4. The van der Waals surface area contributed by atoms with Gasteiger partial charge < -0.3 is 9.47 Å². The Morgan fingerprint density at radius 1 is 0.963 bits per heavy atom. The van der Waals surface area contributed by atoms with E-state index < -0.39 is 0 Å². The lowest BCUT2D eigenvalue weighted by Crippen LogP contribution is -2.42. The highest BCUT2D eigenvalue weighted by molar-refractivity contribution is 5.91. The van der Waals surface area contributed by atoms with E-state index in [0.29, 0.717) is 25.0 Å². The number of esters is 1. The first-order valence-electron chi connectivity index (χ1n) is 9.62. The molecule has 0 aromatic heterocycles. The summed E-state index contributed by atoms with van der Waals surface area (Å²) < 4.78 is 10.8. The molecule has 0 unspecified atom stereocenters. The molecule has 2 aromatic rings. The van der Waals surface area contributed by atoms with Gasteiger partial charge in [-0.1, -0.05) is 37.6 Å². The predicted octanol–water partition coefficient (Wildman–Crippen LogP) is 4.69. The molecule has 4 nitrogen and oxygen atoms in total. The van der Waals surface area contributed by atoms with Gasteiger partial charge in [-0.15, -0.1) is 0 Å². The van der Waals surface area contributed by atoms with Crippen molar-refractivity contribution in [3.63, 3.8) is 0 Å². The van der Waals surface area contributed by atoms with Gasteiger partial charge in [-0.2, -0.15) is 0 Å². The van der Waals surface area contributed by atoms with Gasteiger partial charge in [0.05, 0.1) is 18.8 Å². The van der Waals surface area contributed by atoms with E-state index in [0.717, 1.165) is 36.3 Å². The predicted molar refractivity (Wildman–Crippen MR) is 104 cm³/mol. The molecule has 1 aliphatic carbocycles. The third-order valence-electron chi connectivity index (χ3n) is 5.12. The Balaban J connectivity index is 1.81. The minimum absolute atomic E-state index is 0.257. The summed E-state index contributed by atoms with van der Waals surface area (Å²) in [5.41, 5.74) is 2.37. The Hall–Kier alpha value is -2.62. The third kappa shape index (κ3) is 4.05. The van der Waals surface area contributed by atoms with Crippen LogP contribution in [0.15, 0.2) is 48.5 Å². The summed E-state index contributed by atoms with van der Waals surface area (Å²) in [6, 6.07) is 15.5. The molecule has 0 heterocycles. The Kier molecular flexibility index (Phi) is 5.94. The summed E-state index contributed by atoms with van der Waals surface area (Å²) in [5, 5.41) is 0. The first-order chi connectivity index (χ1) is 13.1. The molecule has 0 bridgehead atoms. The van der Waals surface area contributed by atoms with Crippen LogP contribution in [-0.4, -0.2) is 25.0 Å². The molecule has 0 spiro atoms. The maximum atomic E-state index is 11.9. The average Bonchev–Trinajstić information content (AvgIpc) is 2.66. The second kappa shape index (κ2) is 8.38. The van der Waals surface area contributed by atoms with Crippen molar-refractivity contribution in [2.24, 2.45) is 0 Å². The van der Waals surface area contributed by atoms with Crippen LogP contribution in [-0.2, 0) is 14.9 Å². The largest absolute Gasteiger partial charge is 0.494 e. The molecular formula is C23H26O4. The molecule has 0 radical (unpaired) electrons. The zero-order valence-electron chi connectivity index (χ0n) is 16.0. The van der Waals surface area contributed by atoms with Crippen LogP contribution in [0.1, 0.15) is 61.0 Å². The van der Waals surface area contributed by atoms with Crippen molar-refractivity contribution in [2.75, 3.05) is 13.2 Å². The van der Waals surface area contributed by atoms with Crippen molar-refractivity contribution in [1.29, 1.82) is 0 Å². The lowest BCUT2D eigenvalue weighted by Gasteiger charge is -2.41. The zero-order chi connectivity index (χ0) is 19.3. The molecular weight excluding hydrogens is 340 g/mol. The molecule has 1 fully saturated rings. The van der Waals surface area contributed by atoms with E-state index in [4.69, 9.17) is 9.47 Å². The molecule has 0 amide bonds. The third-order valence-corrected chi connectivity index (χ3v) is 5.12. The van der Waals surface area contributed by atoms with Gasteiger partial charge in [-0.05, 0) is 48.7 Å². The second-order valence-electron chi connectivity index (χ2n) is 7.00. The van der Waals surface area contributed by atoms with Gasteiger partial charge in [-0.3, -0.25) is 4.79 Å². The number of unbranched alkanes of at least 4 members (excludes halogenated alkanes) is 1. The summed E-state index contributed by atoms with van der Waals surface area (Å²) in [4.78, 5) is 23.7. The lowest BCUT2D eigenvalue weighted by molar-refractivity contribution is -0.127. The zero-order valence-corrected chi connectivity index (χ0v) is 16.0. The molecule has 27 heavy (non-hydrogen) atoms. The maximum absolute atomic E-state index is 11.9. The number of ketones is 1. The van der Waals surface area contributed by atoms with Gasteiger partial charge in [-0.25, -0.2) is 4.79 Å². The van der Waals surface area contributed by atoms with Crippen molar-refractivity contribution >= 4 is 11.8 Å². The number of Topliss-reactive ketones (excluding diaryl/α,β-unsaturated/α-hetero) is 1. The number of carbonyl (C=O) groups excluding carboxylic acids is 2. The first-order valence-corrected chi connectivity index (χ1v) is 9.62. The Morgan fingerprint density at radius 2 is 1.56 bits per heavy atom. The van der Waals surface area contributed by atoms with Crippen LogP contribution in [0.4, 0.5) is 0 Å². The molecule has 0 saturated heterocycles. The Labute approximate surface area is 160 Å². The number of ether oxygens (including phenoxy) is 2. The van der Waals surface area contributed by atoms with E-state index in [1.54, 1.807) is 19.1 Å². The Bertz CT molecular complexity index is 782. The Morgan fingerprint density at radius 3 is 2.07 bits per heavy atom. The molecule has 142 valence electrons. The maximum Gasteiger partial charge on any atom is 0.338 e. The molecule has 1 saturated carbocycles. The van der Waals surface area contributed by atoms with Crippen LogP contribution in [0.2, 0.25) is 0 Å².